The summed E-state index contributed by atoms with van der Waals surface area (Å²) in [6.07, 6.45) is 4.42. The summed E-state index contributed by atoms with van der Waals surface area (Å²) >= 11 is 6.04. The Morgan fingerprint density at radius 2 is 1.79 bits per heavy atom. The molecule has 2 aromatic carbocycles. The van der Waals surface area contributed by atoms with Crippen LogP contribution in [0.1, 0.15) is 11.3 Å². The summed E-state index contributed by atoms with van der Waals surface area (Å²) in [5.74, 6) is -0.376. The van der Waals surface area contributed by atoms with Crippen LogP contribution in [0.15, 0.2) is 71.8 Å². The number of aryl methyl sites for hydroxylation is 1. The lowest BCUT2D eigenvalue weighted by molar-refractivity contribution is -0.111. The number of halogens is 1. The highest BCUT2D eigenvalue weighted by atomic mass is 35.5. The smallest absolute Gasteiger partial charge is 0.264 e. The van der Waals surface area contributed by atoms with Crippen LogP contribution in [0.3, 0.4) is 0 Å². The van der Waals surface area contributed by atoms with Gasteiger partial charge in [-0.25, -0.2) is 23.1 Å². The Balaban J connectivity index is 1.66. The first-order chi connectivity index (χ1) is 13.8. The highest BCUT2D eigenvalue weighted by Crippen LogP contribution is 2.18. The fraction of sp³-hybridized carbons (Fsp3) is 0.0500. The van der Waals surface area contributed by atoms with Gasteiger partial charge in [-0.1, -0.05) is 29.8 Å². The molecule has 0 bridgehead atoms. The van der Waals surface area contributed by atoms with E-state index in [0.29, 0.717) is 16.4 Å². The predicted molar refractivity (Wildman–Crippen MR) is 113 cm³/mol. The summed E-state index contributed by atoms with van der Waals surface area (Å²) < 4.78 is 27.2. The summed E-state index contributed by atoms with van der Waals surface area (Å²) in [6, 6.07) is 14.5. The number of sulfonamides is 1. The number of benzene rings is 2. The molecule has 0 aliphatic rings. The Morgan fingerprint density at radius 1 is 1.07 bits per heavy atom. The van der Waals surface area contributed by atoms with Crippen molar-refractivity contribution in [3.05, 3.63) is 83.2 Å². The fourth-order valence-corrected chi connectivity index (χ4v) is 3.50. The normalized spacial score (nSPS) is 11.4. The largest absolute Gasteiger partial charge is 0.323 e. The van der Waals surface area contributed by atoms with Crippen molar-refractivity contribution in [2.45, 2.75) is 11.8 Å². The first kappa shape index (κ1) is 20.5. The van der Waals surface area contributed by atoms with Crippen LogP contribution in [-0.2, 0) is 14.8 Å². The number of carbonyl (C=O) groups excluding carboxylic acids is 1. The van der Waals surface area contributed by atoms with Gasteiger partial charge in [-0.05, 0) is 55.0 Å². The second-order valence-corrected chi connectivity index (χ2v) is 8.09. The third-order valence-electron chi connectivity index (χ3n) is 3.77. The van der Waals surface area contributed by atoms with E-state index in [1.807, 2.05) is 6.07 Å². The van der Waals surface area contributed by atoms with Crippen molar-refractivity contribution in [3.8, 4) is 0 Å². The van der Waals surface area contributed by atoms with Crippen molar-refractivity contribution in [3.63, 3.8) is 0 Å². The summed E-state index contributed by atoms with van der Waals surface area (Å²) in [5.41, 5.74) is 1.81. The second-order valence-electron chi connectivity index (χ2n) is 6.00. The number of rotatable bonds is 6. The summed E-state index contributed by atoms with van der Waals surface area (Å²) in [7, 11) is -3.84. The van der Waals surface area contributed by atoms with Crippen molar-refractivity contribution in [1.29, 1.82) is 0 Å². The quantitative estimate of drug-likeness (QED) is 0.580. The van der Waals surface area contributed by atoms with Crippen molar-refractivity contribution in [1.82, 2.24) is 9.97 Å². The SMILES string of the molecule is Cc1ccnc(NS(=O)(=O)c2ccc(NC(=O)/C=C/c3ccccc3Cl)cc2)n1. The summed E-state index contributed by atoms with van der Waals surface area (Å²) in [6.45, 7) is 1.73. The molecule has 0 spiro atoms. The predicted octanol–water partition coefficient (Wildman–Crippen LogP) is 3.89. The Kier molecular flexibility index (Phi) is 6.26. The van der Waals surface area contributed by atoms with E-state index in [4.69, 9.17) is 11.6 Å². The zero-order chi connectivity index (χ0) is 20.9. The van der Waals surface area contributed by atoms with E-state index in [9.17, 15) is 13.2 Å². The first-order valence-corrected chi connectivity index (χ1v) is 10.4. The van der Waals surface area contributed by atoms with Crippen LogP contribution in [0.25, 0.3) is 6.08 Å². The van der Waals surface area contributed by atoms with Gasteiger partial charge in [0, 0.05) is 28.7 Å². The number of carbonyl (C=O) groups is 1. The molecule has 0 fully saturated rings. The Labute approximate surface area is 173 Å². The highest BCUT2D eigenvalue weighted by Gasteiger charge is 2.15. The van der Waals surface area contributed by atoms with Crippen LogP contribution in [0.5, 0.6) is 0 Å². The molecule has 0 radical (unpaired) electrons. The molecule has 1 heterocycles. The van der Waals surface area contributed by atoms with Gasteiger partial charge in [0.05, 0.1) is 4.90 Å². The van der Waals surface area contributed by atoms with Crippen molar-refractivity contribution in [2.24, 2.45) is 0 Å². The van der Waals surface area contributed by atoms with E-state index in [2.05, 4.69) is 20.0 Å². The lowest BCUT2D eigenvalue weighted by Crippen LogP contribution is -2.15. The lowest BCUT2D eigenvalue weighted by Gasteiger charge is -2.08. The third kappa shape index (κ3) is 5.63. The van der Waals surface area contributed by atoms with Crippen molar-refractivity contribution in [2.75, 3.05) is 10.0 Å². The number of nitrogens with one attached hydrogen (secondary N) is 2. The summed E-state index contributed by atoms with van der Waals surface area (Å²) in [4.78, 5) is 20.0. The average molecular weight is 429 g/mol. The fourth-order valence-electron chi connectivity index (χ4n) is 2.35. The molecule has 0 saturated heterocycles. The molecule has 9 heteroatoms. The Hall–Kier alpha value is -3.23. The van der Waals surface area contributed by atoms with Gasteiger partial charge >= 0.3 is 0 Å². The van der Waals surface area contributed by atoms with Crippen LogP contribution in [-0.4, -0.2) is 24.3 Å². The molecular weight excluding hydrogens is 412 g/mol. The van der Waals surface area contributed by atoms with Gasteiger partial charge in [-0.15, -0.1) is 0 Å². The number of hydrogen-bond donors (Lipinski definition) is 2. The monoisotopic (exact) mass is 428 g/mol. The minimum absolute atomic E-state index is 0.00732. The molecule has 0 aliphatic carbocycles. The van der Waals surface area contributed by atoms with Gasteiger partial charge in [0.2, 0.25) is 11.9 Å². The van der Waals surface area contributed by atoms with Gasteiger partial charge in [0.1, 0.15) is 0 Å². The van der Waals surface area contributed by atoms with Gasteiger partial charge < -0.3 is 5.32 Å². The van der Waals surface area contributed by atoms with Crippen LogP contribution in [0, 0.1) is 6.92 Å². The third-order valence-corrected chi connectivity index (χ3v) is 5.46. The maximum Gasteiger partial charge on any atom is 0.264 e. The molecule has 2 N–H and O–H groups in total. The van der Waals surface area contributed by atoms with Gasteiger partial charge in [-0.3, -0.25) is 4.79 Å². The van der Waals surface area contributed by atoms with Gasteiger partial charge in [-0.2, -0.15) is 0 Å². The zero-order valence-corrected chi connectivity index (χ0v) is 16.9. The number of anilines is 2. The van der Waals surface area contributed by atoms with Crippen LogP contribution in [0.4, 0.5) is 11.6 Å². The number of nitrogens with zero attached hydrogens (tertiary/aromatic N) is 2. The minimum Gasteiger partial charge on any atom is -0.323 e. The number of hydrogen-bond acceptors (Lipinski definition) is 5. The van der Waals surface area contributed by atoms with E-state index >= 15 is 0 Å². The van der Waals surface area contributed by atoms with E-state index in [0.717, 1.165) is 5.56 Å². The maximum absolute atomic E-state index is 12.4. The average Bonchev–Trinajstić information content (AvgIpc) is 2.67. The van der Waals surface area contributed by atoms with Crippen molar-refractivity contribution >= 4 is 45.2 Å². The molecule has 148 valence electrons. The lowest BCUT2D eigenvalue weighted by atomic mass is 10.2. The first-order valence-electron chi connectivity index (χ1n) is 8.50. The van der Waals surface area contributed by atoms with Crippen molar-refractivity contribution < 1.29 is 13.2 Å². The van der Waals surface area contributed by atoms with Crippen LogP contribution >= 0.6 is 11.6 Å². The molecule has 1 aromatic heterocycles. The minimum atomic E-state index is -3.84. The standard InChI is InChI=1S/C20H17ClN4O3S/c1-14-12-13-22-20(23-14)25-29(27,28)17-9-7-16(8-10-17)24-19(26)11-6-15-4-2-3-5-18(15)21/h2-13H,1H3,(H,24,26)(H,22,23,25)/b11-6+. The summed E-state index contributed by atoms with van der Waals surface area (Å²) in [5, 5.41) is 3.20. The van der Waals surface area contributed by atoms with E-state index in [1.165, 1.54) is 36.5 Å². The van der Waals surface area contributed by atoms with E-state index in [-0.39, 0.29) is 16.8 Å². The second kappa shape index (κ2) is 8.85. The Bertz CT molecular complexity index is 1160. The molecule has 1 amide bonds. The molecule has 0 saturated carbocycles. The zero-order valence-electron chi connectivity index (χ0n) is 15.3. The topological polar surface area (TPSA) is 101 Å². The van der Waals surface area contributed by atoms with Gasteiger partial charge in [0.25, 0.3) is 10.0 Å². The molecule has 7 nitrogen and oxygen atoms in total. The molecule has 0 unspecified atom stereocenters. The molecule has 0 atom stereocenters. The van der Waals surface area contributed by atoms with Gasteiger partial charge in [0.15, 0.2) is 0 Å². The van der Waals surface area contributed by atoms with Crippen LogP contribution in [0.2, 0.25) is 5.02 Å². The molecule has 0 aliphatic heterocycles. The maximum atomic E-state index is 12.4. The molecule has 29 heavy (non-hydrogen) atoms. The van der Waals surface area contributed by atoms with E-state index in [1.54, 1.807) is 37.3 Å². The Morgan fingerprint density at radius 3 is 2.48 bits per heavy atom. The van der Waals surface area contributed by atoms with E-state index < -0.39 is 10.0 Å². The number of aromatic nitrogens is 2. The molecule has 3 aromatic rings. The van der Waals surface area contributed by atoms with Crippen LogP contribution < -0.4 is 10.0 Å². The molecular formula is C20H17ClN4O3S. The highest BCUT2D eigenvalue weighted by molar-refractivity contribution is 7.92. The number of amides is 1. The molecule has 3 rings (SSSR count).